The molecule has 10 nitrogen and oxygen atoms in total. The number of hydrogen-bond acceptors (Lipinski definition) is 7. The number of piperidine rings is 1. The summed E-state index contributed by atoms with van der Waals surface area (Å²) in [6.07, 6.45) is 8.78. The fraction of sp³-hybridized carbons (Fsp3) is 0.237. The quantitative estimate of drug-likeness (QED) is 0.116. The van der Waals surface area contributed by atoms with Gasteiger partial charge in [-0.2, -0.15) is 16.9 Å². The highest BCUT2D eigenvalue weighted by Crippen LogP contribution is 2.33. The molecule has 1 fully saturated rings. The molecule has 3 aromatic carbocycles. The van der Waals surface area contributed by atoms with Gasteiger partial charge >= 0.3 is 5.97 Å². The van der Waals surface area contributed by atoms with Crippen LogP contribution in [0.5, 0.6) is 0 Å². The number of aliphatic carboxylic acids is 1. The normalized spacial score (nSPS) is 12.8. The van der Waals surface area contributed by atoms with Crippen molar-refractivity contribution in [1.82, 2.24) is 20.1 Å². The predicted molar refractivity (Wildman–Crippen MR) is 193 cm³/mol. The van der Waals surface area contributed by atoms with E-state index in [2.05, 4.69) is 25.6 Å². The van der Waals surface area contributed by atoms with Gasteiger partial charge in [-0.15, -0.1) is 0 Å². The molecule has 3 N–H and O–H groups in total. The number of anilines is 2. The zero-order valence-electron chi connectivity index (χ0n) is 27.0. The zero-order chi connectivity index (χ0) is 34.0. The maximum absolute atomic E-state index is 13.5. The molecule has 11 heteroatoms. The van der Waals surface area contributed by atoms with Gasteiger partial charge in [0.25, 0.3) is 11.8 Å². The Morgan fingerprint density at radius 1 is 0.796 bits per heavy atom. The van der Waals surface area contributed by atoms with Crippen molar-refractivity contribution in [2.24, 2.45) is 0 Å². The highest BCUT2D eigenvalue weighted by atomic mass is 32.2. The molecule has 0 saturated carbocycles. The monoisotopic (exact) mass is 674 g/mol. The number of carbonyl (C=O) groups is 3. The number of rotatable bonds is 13. The maximum atomic E-state index is 13.5. The minimum absolute atomic E-state index is 0.0964. The molecule has 0 radical (unpaired) electrons. The molecule has 1 saturated heterocycles. The van der Waals surface area contributed by atoms with Crippen molar-refractivity contribution in [3.05, 3.63) is 126 Å². The molecule has 2 amide bonds. The van der Waals surface area contributed by atoms with Gasteiger partial charge in [0.1, 0.15) is 0 Å². The van der Waals surface area contributed by atoms with Crippen LogP contribution in [0.2, 0.25) is 0 Å². The summed E-state index contributed by atoms with van der Waals surface area (Å²) in [5.41, 5.74) is 6.74. The second-order valence-corrected chi connectivity index (χ2v) is 13.0. The van der Waals surface area contributed by atoms with E-state index in [4.69, 9.17) is 5.11 Å². The number of aromatic nitrogens is 3. The maximum Gasteiger partial charge on any atom is 0.304 e. The van der Waals surface area contributed by atoms with Crippen LogP contribution in [-0.2, 0) is 17.1 Å². The van der Waals surface area contributed by atoms with E-state index >= 15 is 0 Å². The van der Waals surface area contributed by atoms with Gasteiger partial charge < -0.3 is 20.6 Å². The van der Waals surface area contributed by atoms with Crippen LogP contribution < -0.4 is 15.5 Å². The Morgan fingerprint density at radius 3 is 2.37 bits per heavy atom. The Hall–Kier alpha value is -5.42. The molecule has 0 aliphatic carbocycles. The van der Waals surface area contributed by atoms with Crippen LogP contribution in [0.1, 0.15) is 57.5 Å². The van der Waals surface area contributed by atoms with Crippen molar-refractivity contribution >= 4 is 40.9 Å². The number of carbonyl (C=O) groups excluding carboxylic acids is 2. The van der Waals surface area contributed by atoms with Crippen molar-refractivity contribution in [1.29, 1.82) is 0 Å². The Labute approximate surface area is 289 Å². The number of nitrogens with zero attached hydrogens (tertiary/aromatic N) is 4. The van der Waals surface area contributed by atoms with Gasteiger partial charge in [0, 0.05) is 72.1 Å². The second-order valence-electron chi connectivity index (χ2n) is 11.9. The van der Waals surface area contributed by atoms with Crippen molar-refractivity contribution < 1.29 is 19.5 Å². The van der Waals surface area contributed by atoms with Crippen LogP contribution in [0.3, 0.4) is 0 Å². The lowest BCUT2D eigenvalue weighted by atomic mass is 10.0. The third-order valence-corrected chi connectivity index (χ3v) is 9.38. The van der Waals surface area contributed by atoms with Gasteiger partial charge in [-0.05, 0) is 91.1 Å². The molecule has 1 aliphatic heterocycles. The van der Waals surface area contributed by atoms with E-state index in [-0.39, 0.29) is 18.2 Å². The van der Waals surface area contributed by atoms with Gasteiger partial charge in [0.05, 0.1) is 23.5 Å². The van der Waals surface area contributed by atoms with Gasteiger partial charge in [-0.1, -0.05) is 24.3 Å². The molecule has 49 heavy (non-hydrogen) atoms. The van der Waals surface area contributed by atoms with E-state index in [9.17, 15) is 14.4 Å². The van der Waals surface area contributed by atoms with E-state index in [0.717, 1.165) is 54.0 Å². The van der Waals surface area contributed by atoms with Crippen LogP contribution in [-0.4, -0.2) is 56.5 Å². The molecule has 2 aromatic heterocycles. The smallest absolute Gasteiger partial charge is 0.304 e. The number of pyridine rings is 1. The second kappa shape index (κ2) is 16.1. The topological polar surface area (TPSA) is 129 Å². The van der Waals surface area contributed by atoms with E-state index in [1.165, 1.54) is 18.2 Å². The van der Waals surface area contributed by atoms with Crippen LogP contribution in [0, 0.1) is 0 Å². The summed E-state index contributed by atoms with van der Waals surface area (Å²) in [4.78, 5) is 44.7. The molecule has 0 bridgehead atoms. The number of carboxylic acids is 1. The fourth-order valence-corrected chi connectivity index (χ4v) is 6.62. The average molecular weight is 675 g/mol. The lowest BCUT2D eigenvalue weighted by molar-refractivity contribution is -0.136. The number of hydrogen-bond donors (Lipinski definition) is 3. The van der Waals surface area contributed by atoms with Gasteiger partial charge in [-0.3, -0.25) is 19.4 Å². The average Bonchev–Trinajstić information content (AvgIpc) is 3.69. The van der Waals surface area contributed by atoms with Crippen molar-refractivity contribution in [2.75, 3.05) is 29.1 Å². The van der Waals surface area contributed by atoms with Crippen LogP contribution in [0.4, 0.5) is 11.4 Å². The summed E-state index contributed by atoms with van der Waals surface area (Å²) in [7, 11) is 0. The SMILES string of the molecule is O=C(O)CCSCc1cccc(C(=O)Nc2ccc(N3CCCCC3)cc2-c2cc(C(=O)NCc3ccc(-n4cccn4)cc3)ccn2)c1. The number of thioether (sulfide) groups is 1. The lowest BCUT2D eigenvalue weighted by Crippen LogP contribution is -2.29. The molecule has 0 atom stereocenters. The predicted octanol–water partition coefficient (Wildman–Crippen LogP) is 6.81. The number of nitrogens with one attached hydrogen (secondary N) is 2. The standard InChI is InChI=1S/C38H38N6O4S/c45-36(46)15-21-49-26-28-6-4-7-29(22-28)38(48)42-34-13-12-32(43-18-2-1-3-19-43)24-33(34)35-23-30(14-17-39-35)37(47)40-25-27-8-10-31(11-9-27)44-20-5-16-41-44/h4-14,16-17,20,22-24H,1-3,15,18-19,21,25-26H2,(H,40,47)(H,42,48)(H,45,46). The largest absolute Gasteiger partial charge is 0.481 e. The third kappa shape index (κ3) is 8.94. The van der Waals surface area contributed by atoms with Crippen molar-refractivity contribution in [3.8, 4) is 16.9 Å². The third-order valence-electron chi connectivity index (χ3n) is 8.35. The minimum Gasteiger partial charge on any atom is -0.481 e. The molecule has 0 spiro atoms. The van der Waals surface area contributed by atoms with Crippen LogP contribution in [0.25, 0.3) is 16.9 Å². The first-order chi connectivity index (χ1) is 23.9. The van der Waals surface area contributed by atoms with Gasteiger partial charge in [-0.25, -0.2) is 4.68 Å². The molecule has 1 aliphatic rings. The highest BCUT2D eigenvalue weighted by Gasteiger charge is 2.18. The molecule has 6 rings (SSSR count). The van der Waals surface area contributed by atoms with E-state index in [0.29, 0.717) is 40.6 Å². The van der Waals surface area contributed by atoms with Crippen LogP contribution >= 0.6 is 11.8 Å². The van der Waals surface area contributed by atoms with Crippen molar-refractivity contribution in [2.45, 2.75) is 38.0 Å². The van der Waals surface area contributed by atoms with Gasteiger partial charge in [0.2, 0.25) is 0 Å². The van der Waals surface area contributed by atoms with Crippen LogP contribution in [0.15, 0.2) is 104 Å². The Kier molecular flexibility index (Phi) is 11.0. The van der Waals surface area contributed by atoms with E-state index < -0.39 is 5.97 Å². The molecular formula is C38H38N6O4S. The van der Waals surface area contributed by atoms with E-state index in [1.807, 2.05) is 72.9 Å². The molecule has 250 valence electrons. The number of carboxylic acid groups (broad SMARTS) is 1. The summed E-state index contributed by atoms with van der Waals surface area (Å²) < 4.78 is 1.78. The Morgan fingerprint density at radius 2 is 1.59 bits per heavy atom. The molecular weight excluding hydrogens is 637 g/mol. The summed E-state index contributed by atoms with van der Waals surface area (Å²) in [5.74, 6) is -0.203. The summed E-state index contributed by atoms with van der Waals surface area (Å²) in [5, 5.41) is 19.3. The first-order valence-electron chi connectivity index (χ1n) is 16.4. The lowest BCUT2D eigenvalue weighted by Gasteiger charge is -2.29. The summed E-state index contributed by atoms with van der Waals surface area (Å²) in [6.45, 7) is 2.28. The summed E-state index contributed by atoms with van der Waals surface area (Å²) >= 11 is 1.52. The summed E-state index contributed by atoms with van der Waals surface area (Å²) in [6, 6.07) is 26.5. The zero-order valence-corrected chi connectivity index (χ0v) is 27.9. The Balaban J connectivity index is 1.20. The first kappa shape index (κ1) is 33.5. The first-order valence-corrected chi connectivity index (χ1v) is 17.5. The van der Waals surface area contributed by atoms with Crippen molar-refractivity contribution in [3.63, 3.8) is 0 Å². The molecule has 0 unspecified atom stereocenters. The van der Waals surface area contributed by atoms with Gasteiger partial charge in [0.15, 0.2) is 0 Å². The molecule has 3 heterocycles. The Bertz CT molecular complexity index is 1910. The molecule has 5 aromatic rings. The fourth-order valence-electron chi connectivity index (χ4n) is 5.74. The highest BCUT2D eigenvalue weighted by molar-refractivity contribution is 7.98. The number of benzene rings is 3. The van der Waals surface area contributed by atoms with E-state index in [1.54, 1.807) is 35.3 Å². The number of amides is 2. The minimum atomic E-state index is -0.823.